The Hall–Kier alpha value is -1.85. The van der Waals surface area contributed by atoms with Crippen molar-refractivity contribution in [3.05, 3.63) is 52.2 Å². The fraction of sp³-hybridized carbons (Fsp3) is 0.143. The standard InChI is InChI=1S/C14H14ClN3OS/c15-8-13(16)18-11-5-3-10(4-6-11)14(19)17-9-12-2-1-7-20-12/h1-7H,8-9H2,(H2,16,18)(H,17,19). The Morgan fingerprint density at radius 1 is 1.30 bits per heavy atom. The lowest BCUT2D eigenvalue weighted by Gasteiger charge is -2.04. The average Bonchev–Trinajstić information content (AvgIpc) is 2.98. The molecular formula is C14H14ClN3OS. The summed E-state index contributed by atoms with van der Waals surface area (Å²) in [6.45, 7) is 0.537. The van der Waals surface area contributed by atoms with Gasteiger partial charge < -0.3 is 11.1 Å². The molecule has 1 amide bonds. The molecule has 0 fully saturated rings. The van der Waals surface area contributed by atoms with E-state index in [0.29, 0.717) is 23.6 Å². The highest BCUT2D eigenvalue weighted by molar-refractivity contribution is 7.09. The van der Waals surface area contributed by atoms with E-state index >= 15 is 0 Å². The van der Waals surface area contributed by atoms with Crippen LogP contribution in [-0.2, 0) is 6.54 Å². The summed E-state index contributed by atoms with van der Waals surface area (Å²) in [5, 5.41) is 4.84. The van der Waals surface area contributed by atoms with Crippen molar-refractivity contribution in [1.82, 2.24) is 5.32 Å². The van der Waals surface area contributed by atoms with Gasteiger partial charge in [0, 0.05) is 10.4 Å². The Labute approximate surface area is 126 Å². The molecule has 1 aromatic carbocycles. The summed E-state index contributed by atoms with van der Waals surface area (Å²) < 4.78 is 0. The highest BCUT2D eigenvalue weighted by atomic mass is 35.5. The lowest BCUT2D eigenvalue weighted by molar-refractivity contribution is 0.0951. The number of aliphatic imine (C=N–C) groups is 1. The van der Waals surface area contributed by atoms with Gasteiger partial charge in [0.1, 0.15) is 5.84 Å². The van der Waals surface area contributed by atoms with Gasteiger partial charge in [-0.25, -0.2) is 4.99 Å². The molecule has 0 bridgehead atoms. The summed E-state index contributed by atoms with van der Waals surface area (Å²) in [6.07, 6.45) is 0. The molecule has 0 aliphatic heterocycles. The molecule has 1 heterocycles. The number of thiophene rings is 1. The third-order valence-electron chi connectivity index (χ3n) is 2.54. The second kappa shape index (κ2) is 7.07. The Morgan fingerprint density at radius 2 is 2.05 bits per heavy atom. The van der Waals surface area contributed by atoms with Gasteiger partial charge in [-0.15, -0.1) is 22.9 Å². The fourth-order valence-electron chi connectivity index (χ4n) is 1.57. The SMILES string of the molecule is NC(CCl)=Nc1ccc(C(=O)NCc2cccs2)cc1. The second-order valence-corrected chi connectivity index (χ2v) is 5.35. The van der Waals surface area contributed by atoms with Crippen molar-refractivity contribution >= 4 is 40.4 Å². The summed E-state index contributed by atoms with van der Waals surface area (Å²) in [5.41, 5.74) is 6.81. The van der Waals surface area contributed by atoms with Crippen LogP contribution in [0.3, 0.4) is 0 Å². The van der Waals surface area contributed by atoms with Crippen LogP contribution in [0.25, 0.3) is 0 Å². The number of nitrogens with zero attached hydrogens (tertiary/aromatic N) is 1. The molecule has 0 unspecified atom stereocenters. The number of amidine groups is 1. The minimum atomic E-state index is -0.112. The Kier molecular flexibility index (Phi) is 5.15. The third kappa shape index (κ3) is 4.08. The van der Waals surface area contributed by atoms with Gasteiger partial charge in [-0.05, 0) is 35.7 Å². The zero-order valence-electron chi connectivity index (χ0n) is 10.7. The van der Waals surface area contributed by atoms with E-state index in [9.17, 15) is 4.79 Å². The largest absolute Gasteiger partial charge is 0.386 e. The van der Waals surface area contributed by atoms with E-state index in [1.54, 1.807) is 35.6 Å². The molecule has 6 heteroatoms. The maximum atomic E-state index is 11.9. The van der Waals surface area contributed by atoms with Crippen LogP contribution in [0.4, 0.5) is 5.69 Å². The van der Waals surface area contributed by atoms with Gasteiger partial charge >= 0.3 is 0 Å². The second-order valence-electron chi connectivity index (χ2n) is 4.05. The zero-order chi connectivity index (χ0) is 14.4. The molecular weight excluding hydrogens is 294 g/mol. The first-order chi connectivity index (χ1) is 9.69. The fourth-order valence-corrected chi connectivity index (χ4v) is 2.27. The van der Waals surface area contributed by atoms with Crippen LogP contribution in [0.15, 0.2) is 46.8 Å². The van der Waals surface area contributed by atoms with Crippen LogP contribution < -0.4 is 11.1 Å². The summed E-state index contributed by atoms with van der Waals surface area (Å²) in [6, 6.07) is 10.8. The van der Waals surface area contributed by atoms with E-state index in [4.69, 9.17) is 17.3 Å². The van der Waals surface area contributed by atoms with Gasteiger partial charge in [0.05, 0.1) is 18.1 Å². The number of amides is 1. The molecule has 0 aliphatic rings. The lowest BCUT2D eigenvalue weighted by Crippen LogP contribution is -2.22. The average molecular weight is 308 g/mol. The first kappa shape index (κ1) is 14.6. The van der Waals surface area contributed by atoms with Gasteiger partial charge in [0.25, 0.3) is 5.91 Å². The maximum absolute atomic E-state index is 11.9. The van der Waals surface area contributed by atoms with Crippen molar-refractivity contribution in [3.63, 3.8) is 0 Å². The Balaban J connectivity index is 1.97. The van der Waals surface area contributed by atoms with Crippen molar-refractivity contribution < 1.29 is 4.79 Å². The van der Waals surface area contributed by atoms with E-state index in [1.807, 2.05) is 17.5 Å². The van der Waals surface area contributed by atoms with Crippen molar-refractivity contribution in [2.75, 3.05) is 5.88 Å². The molecule has 20 heavy (non-hydrogen) atoms. The first-order valence-electron chi connectivity index (χ1n) is 5.98. The number of hydrogen-bond donors (Lipinski definition) is 2. The van der Waals surface area contributed by atoms with E-state index in [0.717, 1.165) is 4.88 Å². The summed E-state index contributed by atoms with van der Waals surface area (Å²) in [4.78, 5) is 17.2. The third-order valence-corrected chi connectivity index (χ3v) is 3.69. The molecule has 2 aromatic rings. The topological polar surface area (TPSA) is 67.5 Å². The lowest BCUT2D eigenvalue weighted by atomic mass is 10.2. The molecule has 0 atom stereocenters. The van der Waals surface area contributed by atoms with Crippen molar-refractivity contribution in [1.29, 1.82) is 0 Å². The van der Waals surface area contributed by atoms with Crippen molar-refractivity contribution in [3.8, 4) is 0 Å². The molecule has 104 valence electrons. The summed E-state index contributed by atoms with van der Waals surface area (Å²) in [5.74, 6) is 0.420. The summed E-state index contributed by atoms with van der Waals surface area (Å²) >= 11 is 7.17. The number of carbonyl (C=O) groups is 1. The predicted octanol–water partition coefficient (Wildman–Crippen LogP) is 2.91. The number of benzene rings is 1. The number of hydrogen-bond acceptors (Lipinski definition) is 3. The highest BCUT2D eigenvalue weighted by Crippen LogP contribution is 2.14. The van der Waals surface area contributed by atoms with Crippen LogP contribution in [0.5, 0.6) is 0 Å². The van der Waals surface area contributed by atoms with Crippen molar-refractivity contribution in [2.45, 2.75) is 6.54 Å². The smallest absolute Gasteiger partial charge is 0.251 e. The van der Waals surface area contributed by atoms with E-state index in [1.165, 1.54) is 0 Å². The molecule has 0 saturated heterocycles. The van der Waals surface area contributed by atoms with Crippen LogP contribution in [0, 0.1) is 0 Å². The van der Waals surface area contributed by atoms with E-state index < -0.39 is 0 Å². The number of rotatable bonds is 5. The number of nitrogens with two attached hydrogens (primary N) is 1. The molecule has 0 aliphatic carbocycles. The molecule has 3 N–H and O–H groups in total. The minimum absolute atomic E-state index is 0.112. The monoisotopic (exact) mass is 307 g/mol. The first-order valence-corrected chi connectivity index (χ1v) is 7.40. The van der Waals surface area contributed by atoms with Gasteiger partial charge in [0.15, 0.2) is 0 Å². The van der Waals surface area contributed by atoms with Crippen LogP contribution in [0.1, 0.15) is 15.2 Å². The predicted molar refractivity (Wildman–Crippen MR) is 83.9 cm³/mol. The maximum Gasteiger partial charge on any atom is 0.251 e. The number of nitrogens with one attached hydrogen (secondary N) is 1. The molecule has 0 saturated carbocycles. The minimum Gasteiger partial charge on any atom is -0.386 e. The van der Waals surface area contributed by atoms with Gasteiger partial charge in [-0.2, -0.15) is 0 Å². The Bertz CT molecular complexity index is 593. The van der Waals surface area contributed by atoms with Crippen LogP contribution >= 0.6 is 22.9 Å². The molecule has 0 spiro atoms. The number of halogens is 1. The molecule has 2 rings (SSSR count). The molecule has 1 aromatic heterocycles. The summed E-state index contributed by atoms with van der Waals surface area (Å²) in [7, 11) is 0. The van der Waals surface area contributed by atoms with Crippen LogP contribution in [-0.4, -0.2) is 17.6 Å². The van der Waals surface area contributed by atoms with Crippen LogP contribution in [0.2, 0.25) is 0 Å². The quantitative estimate of drug-likeness (QED) is 0.506. The number of carbonyl (C=O) groups excluding carboxylic acids is 1. The normalized spacial score (nSPS) is 11.3. The zero-order valence-corrected chi connectivity index (χ0v) is 12.2. The van der Waals surface area contributed by atoms with Gasteiger partial charge in [-0.1, -0.05) is 6.07 Å². The van der Waals surface area contributed by atoms with Gasteiger partial charge in [0.2, 0.25) is 0 Å². The number of alkyl halides is 1. The van der Waals surface area contributed by atoms with Gasteiger partial charge in [-0.3, -0.25) is 4.79 Å². The molecule has 0 radical (unpaired) electrons. The molecule has 4 nitrogen and oxygen atoms in total. The van der Waals surface area contributed by atoms with E-state index in [2.05, 4.69) is 10.3 Å². The van der Waals surface area contributed by atoms with Crippen molar-refractivity contribution in [2.24, 2.45) is 10.7 Å². The highest BCUT2D eigenvalue weighted by Gasteiger charge is 2.05. The van der Waals surface area contributed by atoms with E-state index in [-0.39, 0.29) is 11.8 Å². The Morgan fingerprint density at radius 3 is 2.65 bits per heavy atom.